The van der Waals surface area contributed by atoms with Crippen LogP contribution in [-0.2, 0) is 39.7 Å². The Bertz CT molecular complexity index is 1060. The second-order valence-electron chi connectivity index (χ2n) is 6.53. The molecule has 8 nitrogen and oxygen atoms in total. The summed E-state index contributed by atoms with van der Waals surface area (Å²) in [7, 11) is -7.29. The largest absolute Gasteiger partial charge is 0.333 e. The van der Waals surface area contributed by atoms with Gasteiger partial charge >= 0.3 is 0 Å². The van der Waals surface area contributed by atoms with Gasteiger partial charge in [0, 0.05) is 13.1 Å². The molecule has 0 aliphatic carbocycles. The Morgan fingerprint density at radius 1 is 1.22 bits per heavy atom. The normalized spacial score (nSPS) is 16.1. The third kappa shape index (κ3) is 4.37. The molecule has 0 saturated heterocycles. The number of rotatable bonds is 5. The third-order valence-corrected chi connectivity index (χ3v) is 6.96. The van der Waals surface area contributed by atoms with Gasteiger partial charge in [0.1, 0.15) is 5.82 Å². The molecule has 27 heavy (non-hydrogen) atoms. The molecule has 0 bridgehead atoms. The number of fused-ring (bicyclic) bond motifs is 1. The van der Waals surface area contributed by atoms with E-state index in [1.54, 1.807) is 13.3 Å². The molecule has 1 aliphatic heterocycles. The summed E-state index contributed by atoms with van der Waals surface area (Å²) in [4.78, 5) is 4.11. The number of imidazole rings is 1. The van der Waals surface area contributed by atoms with Crippen LogP contribution >= 0.6 is 0 Å². The van der Waals surface area contributed by atoms with Gasteiger partial charge in [0.15, 0.2) is 0 Å². The van der Waals surface area contributed by atoms with Crippen LogP contribution in [0.5, 0.6) is 0 Å². The van der Waals surface area contributed by atoms with Gasteiger partial charge in [-0.05, 0) is 31.0 Å². The number of aryl methyl sites for hydroxylation is 2. The van der Waals surface area contributed by atoms with Crippen LogP contribution in [0, 0.1) is 12.7 Å². The standard InChI is InChI=1S/C16H21FN4O4S2/c1-12-4-5-13(8-14(12)17)27(24,25)21-7-3-6-20-11-18-15(16(20)10-21)9-19-26(2,22)23/h4-5,8,11,19H,3,6-7,9-10H2,1-2H3. The fraction of sp³-hybridized carbons (Fsp3) is 0.438. The summed E-state index contributed by atoms with van der Waals surface area (Å²) < 4.78 is 68.0. The van der Waals surface area contributed by atoms with E-state index >= 15 is 0 Å². The highest BCUT2D eigenvalue weighted by Gasteiger charge is 2.29. The summed E-state index contributed by atoms with van der Waals surface area (Å²) >= 11 is 0. The molecule has 0 unspecified atom stereocenters. The first-order chi connectivity index (χ1) is 12.6. The monoisotopic (exact) mass is 416 g/mol. The maximum absolute atomic E-state index is 13.9. The van der Waals surface area contributed by atoms with Gasteiger partial charge in [0.2, 0.25) is 20.0 Å². The lowest BCUT2D eigenvalue weighted by atomic mass is 10.2. The summed E-state index contributed by atoms with van der Waals surface area (Å²) in [6.07, 6.45) is 3.19. The number of aromatic nitrogens is 2. The number of hydrogen-bond donors (Lipinski definition) is 1. The van der Waals surface area contributed by atoms with Crippen molar-refractivity contribution in [3.8, 4) is 0 Å². The molecular formula is C16H21FN4O4S2. The predicted molar refractivity (Wildman–Crippen MR) is 97.3 cm³/mol. The molecule has 2 heterocycles. The summed E-state index contributed by atoms with van der Waals surface area (Å²) in [6.45, 7) is 2.43. The van der Waals surface area contributed by atoms with Crippen molar-refractivity contribution in [2.45, 2.75) is 37.9 Å². The van der Waals surface area contributed by atoms with E-state index in [0.29, 0.717) is 29.9 Å². The zero-order valence-electron chi connectivity index (χ0n) is 15.0. The first-order valence-electron chi connectivity index (χ1n) is 8.32. The Kier molecular flexibility index (Phi) is 5.39. The maximum atomic E-state index is 13.9. The van der Waals surface area contributed by atoms with Crippen LogP contribution < -0.4 is 4.72 Å². The summed E-state index contributed by atoms with van der Waals surface area (Å²) in [5.41, 5.74) is 1.47. The average Bonchev–Trinajstić information content (AvgIpc) is 2.82. The number of hydrogen-bond acceptors (Lipinski definition) is 5. The first-order valence-corrected chi connectivity index (χ1v) is 11.6. The summed E-state index contributed by atoms with van der Waals surface area (Å²) in [5, 5.41) is 0. The van der Waals surface area contributed by atoms with Crippen molar-refractivity contribution in [1.29, 1.82) is 0 Å². The Hall–Kier alpha value is -1.82. The Morgan fingerprint density at radius 2 is 1.96 bits per heavy atom. The van der Waals surface area contributed by atoms with E-state index in [9.17, 15) is 21.2 Å². The minimum Gasteiger partial charge on any atom is -0.333 e. The Morgan fingerprint density at radius 3 is 2.63 bits per heavy atom. The van der Waals surface area contributed by atoms with Gasteiger partial charge in [0.25, 0.3) is 0 Å². The Balaban J connectivity index is 1.91. The van der Waals surface area contributed by atoms with Crippen molar-refractivity contribution < 1.29 is 21.2 Å². The van der Waals surface area contributed by atoms with Gasteiger partial charge < -0.3 is 4.57 Å². The van der Waals surface area contributed by atoms with E-state index in [-0.39, 0.29) is 24.5 Å². The van der Waals surface area contributed by atoms with Crippen LogP contribution in [0.2, 0.25) is 0 Å². The summed E-state index contributed by atoms with van der Waals surface area (Å²) in [5.74, 6) is -0.575. The van der Waals surface area contributed by atoms with Crippen molar-refractivity contribution in [3.05, 3.63) is 47.3 Å². The highest BCUT2D eigenvalue weighted by Crippen LogP contribution is 2.24. The molecule has 1 N–H and O–H groups in total. The number of nitrogens with zero attached hydrogens (tertiary/aromatic N) is 3. The topological polar surface area (TPSA) is 101 Å². The van der Waals surface area contributed by atoms with Crippen molar-refractivity contribution in [2.24, 2.45) is 0 Å². The van der Waals surface area contributed by atoms with Crippen LogP contribution in [0.25, 0.3) is 0 Å². The van der Waals surface area contributed by atoms with Gasteiger partial charge in [-0.25, -0.2) is 30.9 Å². The Labute approximate surface area is 158 Å². The van der Waals surface area contributed by atoms with Gasteiger partial charge in [-0.1, -0.05) is 6.07 Å². The lowest BCUT2D eigenvalue weighted by Crippen LogP contribution is -2.31. The van der Waals surface area contributed by atoms with Crippen molar-refractivity contribution in [3.63, 3.8) is 0 Å². The molecule has 148 valence electrons. The number of nitrogens with one attached hydrogen (secondary N) is 1. The maximum Gasteiger partial charge on any atom is 0.243 e. The number of sulfonamides is 2. The van der Waals surface area contributed by atoms with Gasteiger partial charge in [-0.2, -0.15) is 4.31 Å². The first kappa shape index (κ1) is 19.9. The molecule has 0 fully saturated rings. The molecule has 0 spiro atoms. The predicted octanol–water partition coefficient (Wildman–Crippen LogP) is 0.974. The molecule has 0 atom stereocenters. The van der Waals surface area contributed by atoms with E-state index in [1.165, 1.54) is 16.4 Å². The van der Waals surface area contributed by atoms with E-state index in [2.05, 4.69) is 9.71 Å². The highest BCUT2D eigenvalue weighted by atomic mass is 32.2. The fourth-order valence-electron chi connectivity index (χ4n) is 2.92. The van der Waals surface area contributed by atoms with Crippen LogP contribution in [0.15, 0.2) is 29.4 Å². The number of halogens is 1. The lowest BCUT2D eigenvalue weighted by Gasteiger charge is -2.20. The van der Waals surface area contributed by atoms with Crippen molar-refractivity contribution in [1.82, 2.24) is 18.6 Å². The van der Waals surface area contributed by atoms with Gasteiger partial charge in [-0.3, -0.25) is 0 Å². The highest BCUT2D eigenvalue weighted by molar-refractivity contribution is 7.89. The molecule has 11 heteroatoms. The molecule has 0 radical (unpaired) electrons. The zero-order valence-corrected chi connectivity index (χ0v) is 16.6. The van der Waals surface area contributed by atoms with E-state index in [0.717, 1.165) is 12.3 Å². The lowest BCUT2D eigenvalue weighted by molar-refractivity contribution is 0.408. The quantitative estimate of drug-likeness (QED) is 0.783. The molecular weight excluding hydrogens is 395 g/mol. The zero-order chi connectivity index (χ0) is 19.8. The molecule has 0 saturated carbocycles. The van der Waals surface area contributed by atoms with Crippen molar-refractivity contribution >= 4 is 20.0 Å². The average molecular weight is 417 g/mol. The fourth-order valence-corrected chi connectivity index (χ4v) is 4.77. The smallest absolute Gasteiger partial charge is 0.243 e. The van der Waals surface area contributed by atoms with E-state index in [4.69, 9.17) is 0 Å². The van der Waals surface area contributed by atoms with E-state index < -0.39 is 25.9 Å². The molecule has 1 aromatic heterocycles. The van der Waals surface area contributed by atoms with Crippen LogP contribution in [0.4, 0.5) is 4.39 Å². The van der Waals surface area contributed by atoms with E-state index in [1.807, 2.05) is 4.57 Å². The third-order valence-electron chi connectivity index (χ3n) is 4.45. The van der Waals surface area contributed by atoms with Crippen LogP contribution in [0.1, 0.15) is 23.4 Å². The second-order valence-corrected chi connectivity index (χ2v) is 10.3. The van der Waals surface area contributed by atoms with Gasteiger partial charge in [0.05, 0.1) is 42.0 Å². The van der Waals surface area contributed by atoms with Crippen LogP contribution in [-0.4, -0.2) is 43.5 Å². The minimum absolute atomic E-state index is 0.0196. The molecule has 3 rings (SSSR count). The number of benzene rings is 1. The summed E-state index contributed by atoms with van der Waals surface area (Å²) in [6, 6.07) is 3.85. The minimum atomic E-state index is -3.89. The van der Waals surface area contributed by atoms with Gasteiger partial charge in [-0.15, -0.1) is 0 Å². The van der Waals surface area contributed by atoms with Crippen molar-refractivity contribution in [2.75, 3.05) is 12.8 Å². The second kappa shape index (κ2) is 7.30. The molecule has 1 aromatic carbocycles. The molecule has 2 aromatic rings. The molecule has 0 amide bonds. The molecule has 1 aliphatic rings. The van der Waals surface area contributed by atoms with Crippen LogP contribution in [0.3, 0.4) is 0 Å². The SMILES string of the molecule is Cc1ccc(S(=O)(=O)N2CCCn3cnc(CNS(C)(=O)=O)c3C2)cc1F.